The van der Waals surface area contributed by atoms with Crippen molar-refractivity contribution in [2.45, 2.75) is 12.1 Å². The van der Waals surface area contributed by atoms with Crippen LogP contribution >= 0.6 is 0 Å². The summed E-state index contributed by atoms with van der Waals surface area (Å²) in [5.74, 6) is 0. The Morgan fingerprint density at radius 2 is 2.08 bits per heavy atom. The van der Waals surface area contributed by atoms with E-state index in [1.165, 1.54) is 5.56 Å². The summed E-state index contributed by atoms with van der Waals surface area (Å²) in [6, 6.07) is 10.8. The summed E-state index contributed by atoms with van der Waals surface area (Å²) < 4.78 is 5.29. The monoisotopic (exact) mass is 163 g/mol. The summed E-state index contributed by atoms with van der Waals surface area (Å²) >= 11 is 0. The van der Waals surface area contributed by atoms with E-state index in [0.29, 0.717) is 12.1 Å². The van der Waals surface area contributed by atoms with Gasteiger partial charge in [-0.15, -0.1) is 0 Å². The third-order valence-electron chi connectivity index (χ3n) is 2.37. The highest BCUT2D eigenvalue weighted by molar-refractivity contribution is 5.22. The van der Waals surface area contributed by atoms with Gasteiger partial charge in [-0.25, -0.2) is 0 Å². The van der Waals surface area contributed by atoms with Gasteiger partial charge in [-0.1, -0.05) is 30.3 Å². The lowest BCUT2D eigenvalue weighted by Gasteiger charge is -2.37. The van der Waals surface area contributed by atoms with Crippen LogP contribution in [0.25, 0.3) is 0 Å². The summed E-state index contributed by atoms with van der Waals surface area (Å²) in [5, 5.41) is 3.34. The zero-order chi connectivity index (χ0) is 8.39. The number of benzene rings is 1. The Balaban J connectivity index is 2.11. The Morgan fingerprint density at radius 3 is 2.58 bits per heavy atom. The first-order valence-corrected chi connectivity index (χ1v) is 4.23. The molecule has 2 atom stereocenters. The van der Waals surface area contributed by atoms with Crippen molar-refractivity contribution in [3.63, 3.8) is 0 Å². The molecule has 64 valence electrons. The standard InChI is InChI=1S/C10H13NO/c1-12-9-7-11-10(9)8-5-3-2-4-6-8/h2-6,9-11H,7H2,1H3. The number of nitrogens with one attached hydrogen (secondary N) is 1. The topological polar surface area (TPSA) is 21.3 Å². The van der Waals surface area contributed by atoms with Gasteiger partial charge in [0.15, 0.2) is 0 Å². The Hall–Kier alpha value is -0.860. The fourth-order valence-corrected chi connectivity index (χ4v) is 1.54. The van der Waals surface area contributed by atoms with E-state index in [0.717, 1.165) is 6.54 Å². The average molecular weight is 163 g/mol. The van der Waals surface area contributed by atoms with Crippen LogP contribution in [-0.4, -0.2) is 19.8 Å². The van der Waals surface area contributed by atoms with Crippen molar-refractivity contribution >= 4 is 0 Å². The molecule has 0 aliphatic carbocycles. The maximum absolute atomic E-state index is 5.29. The normalized spacial score (nSPS) is 28.1. The molecule has 12 heavy (non-hydrogen) atoms. The molecule has 1 N–H and O–H groups in total. The van der Waals surface area contributed by atoms with Crippen molar-refractivity contribution < 1.29 is 4.74 Å². The molecule has 0 bridgehead atoms. The van der Waals surface area contributed by atoms with E-state index in [9.17, 15) is 0 Å². The number of rotatable bonds is 2. The van der Waals surface area contributed by atoms with E-state index >= 15 is 0 Å². The van der Waals surface area contributed by atoms with E-state index in [1.807, 2.05) is 6.07 Å². The van der Waals surface area contributed by atoms with E-state index in [2.05, 4.69) is 29.6 Å². The lowest BCUT2D eigenvalue weighted by atomic mass is 9.95. The van der Waals surface area contributed by atoms with Gasteiger partial charge in [0.25, 0.3) is 0 Å². The molecule has 2 nitrogen and oxygen atoms in total. The van der Waals surface area contributed by atoms with Gasteiger partial charge in [0.05, 0.1) is 12.1 Å². The lowest BCUT2D eigenvalue weighted by Crippen LogP contribution is -2.51. The van der Waals surface area contributed by atoms with Crippen LogP contribution in [0.5, 0.6) is 0 Å². The molecule has 1 saturated heterocycles. The average Bonchev–Trinajstić information content (AvgIpc) is 2.05. The van der Waals surface area contributed by atoms with Crippen molar-refractivity contribution in [3.8, 4) is 0 Å². The summed E-state index contributed by atoms with van der Waals surface area (Å²) in [4.78, 5) is 0. The van der Waals surface area contributed by atoms with Crippen LogP contribution < -0.4 is 5.32 Å². The summed E-state index contributed by atoms with van der Waals surface area (Å²) in [6.45, 7) is 0.968. The first kappa shape index (κ1) is 7.77. The van der Waals surface area contributed by atoms with E-state index < -0.39 is 0 Å². The van der Waals surface area contributed by atoms with Crippen LogP contribution in [0.2, 0.25) is 0 Å². The Bertz CT molecular complexity index is 245. The number of hydrogen-bond donors (Lipinski definition) is 1. The van der Waals surface area contributed by atoms with E-state index in [1.54, 1.807) is 7.11 Å². The van der Waals surface area contributed by atoms with Crippen molar-refractivity contribution in [2.24, 2.45) is 0 Å². The predicted molar refractivity (Wildman–Crippen MR) is 48.0 cm³/mol. The number of hydrogen-bond acceptors (Lipinski definition) is 2. The van der Waals surface area contributed by atoms with Crippen molar-refractivity contribution in [3.05, 3.63) is 35.9 Å². The maximum atomic E-state index is 5.29. The first-order chi connectivity index (χ1) is 5.92. The smallest absolute Gasteiger partial charge is 0.0890 e. The second kappa shape index (κ2) is 3.25. The Kier molecular flexibility index (Phi) is 2.11. The summed E-state index contributed by atoms with van der Waals surface area (Å²) in [6.07, 6.45) is 0.354. The molecule has 0 aromatic heterocycles. The molecule has 1 aromatic carbocycles. The van der Waals surface area contributed by atoms with Gasteiger partial charge in [-0.05, 0) is 5.56 Å². The predicted octanol–water partition coefficient (Wildman–Crippen LogP) is 1.35. The second-order valence-electron chi connectivity index (χ2n) is 3.07. The molecule has 1 heterocycles. The van der Waals surface area contributed by atoms with Gasteiger partial charge >= 0.3 is 0 Å². The van der Waals surface area contributed by atoms with Gasteiger partial charge in [0.1, 0.15) is 0 Å². The van der Waals surface area contributed by atoms with E-state index in [4.69, 9.17) is 4.74 Å². The summed E-state index contributed by atoms with van der Waals surface area (Å²) in [7, 11) is 1.77. The van der Waals surface area contributed by atoms with Gasteiger partial charge in [0, 0.05) is 13.7 Å². The van der Waals surface area contributed by atoms with Crippen LogP contribution in [0, 0.1) is 0 Å². The lowest BCUT2D eigenvalue weighted by molar-refractivity contribution is 0.0152. The molecule has 2 heteroatoms. The van der Waals surface area contributed by atoms with Crippen LogP contribution in [0.3, 0.4) is 0 Å². The van der Waals surface area contributed by atoms with Crippen LogP contribution in [0.1, 0.15) is 11.6 Å². The van der Waals surface area contributed by atoms with Crippen molar-refractivity contribution in [2.75, 3.05) is 13.7 Å². The molecule has 1 aromatic rings. The molecule has 1 aliphatic heterocycles. The molecule has 0 amide bonds. The van der Waals surface area contributed by atoms with Gasteiger partial charge in [-0.3, -0.25) is 0 Å². The highest BCUT2D eigenvalue weighted by Gasteiger charge is 2.30. The molecule has 0 saturated carbocycles. The third kappa shape index (κ3) is 1.24. The Labute approximate surface area is 72.5 Å². The molecule has 1 aliphatic rings. The molecular formula is C10H13NO. The Morgan fingerprint density at radius 1 is 1.33 bits per heavy atom. The SMILES string of the molecule is COC1CNC1c1ccccc1. The van der Waals surface area contributed by atoms with E-state index in [-0.39, 0.29) is 0 Å². The molecule has 2 rings (SSSR count). The van der Waals surface area contributed by atoms with Crippen molar-refractivity contribution in [1.82, 2.24) is 5.32 Å². The minimum atomic E-state index is 0.354. The molecular weight excluding hydrogens is 150 g/mol. The minimum Gasteiger partial charge on any atom is -0.378 e. The second-order valence-corrected chi connectivity index (χ2v) is 3.07. The highest BCUT2D eigenvalue weighted by atomic mass is 16.5. The van der Waals surface area contributed by atoms with Crippen molar-refractivity contribution in [1.29, 1.82) is 0 Å². The first-order valence-electron chi connectivity index (χ1n) is 4.23. The zero-order valence-electron chi connectivity index (χ0n) is 7.16. The fourth-order valence-electron chi connectivity index (χ4n) is 1.54. The zero-order valence-corrected chi connectivity index (χ0v) is 7.16. The molecule has 2 unspecified atom stereocenters. The minimum absolute atomic E-state index is 0.354. The molecule has 0 radical (unpaired) electrons. The van der Waals surface area contributed by atoms with Gasteiger partial charge in [0.2, 0.25) is 0 Å². The molecule has 1 fully saturated rings. The summed E-state index contributed by atoms with van der Waals surface area (Å²) in [5.41, 5.74) is 1.32. The van der Waals surface area contributed by atoms with Crippen LogP contribution in [0.4, 0.5) is 0 Å². The van der Waals surface area contributed by atoms with Crippen LogP contribution in [0.15, 0.2) is 30.3 Å². The maximum Gasteiger partial charge on any atom is 0.0890 e. The quantitative estimate of drug-likeness (QED) is 0.710. The van der Waals surface area contributed by atoms with Crippen LogP contribution in [-0.2, 0) is 4.74 Å². The fraction of sp³-hybridized carbons (Fsp3) is 0.400. The van der Waals surface area contributed by atoms with Gasteiger partial charge in [-0.2, -0.15) is 0 Å². The third-order valence-corrected chi connectivity index (χ3v) is 2.37. The molecule has 0 spiro atoms. The van der Waals surface area contributed by atoms with Gasteiger partial charge < -0.3 is 10.1 Å². The number of ether oxygens (including phenoxy) is 1. The number of methoxy groups -OCH3 is 1. The largest absolute Gasteiger partial charge is 0.378 e. The highest BCUT2D eigenvalue weighted by Crippen LogP contribution is 2.24.